The lowest BCUT2D eigenvalue weighted by Crippen LogP contribution is -2.06. The van der Waals surface area contributed by atoms with E-state index in [1.54, 1.807) is 37.3 Å². The van der Waals surface area contributed by atoms with Crippen molar-refractivity contribution >= 4 is 9.84 Å². The van der Waals surface area contributed by atoms with Gasteiger partial charge >= 0.3 is 0 Å². The van der Waals surface area contributed by atoms with Gasteiger partial charge in [-0.2, -0.15) is 0 Å². The maximum Gasteiger partial charge on any atom is 0.184 e. The zero-order chi connectivity index (χ0) is 11.6. The Bertz CT molecular complexity index is 575. The molecule has 6 heteroatoms. The second-order valence-electron chi connectivity index (χ2n) is 3.37. The first kappa shape index (κ1) is 10.8. The molecule has 84 valence electrons. The van der Waals surface area contributed by atoms with E-state index in [1.165, 1.54) is 0 Å². The Morgan fingerprint density at radius 3 is 2.44 bits per heavy atom. The summed E-state index contributed by atoms with van der Waals surface area (Å²) in [6.07, 6.45) is 0. The molecule has 0 saturated heterocycles. The maximum absolute atomic E-state index is 11.9. The predicted octanol–water partition coefficient (Wildman–Crippen LogP) is 1.35. The lowest BCUT2D eigenvalue weighted by molar-refractivity contribution is 0.302. The van der Waals surface area contributed by atoms with Crippen LogP contribution in [0.25, 0.3) is 0 Å². The fraction of sp³-hybridized carbons (Fsp3) is 0.200. The number of aromatic nitrogens is 2. The summed E-state index contributed by atoms with van der Waals surface area (Å²) in [6, 6.07) is 8.24. The van der Waals surface area contributed by atoms with Crippen molar-refractivity contribution in [2.75, 3.05) is 0 Å². The first-order valence-corrected chi connectivity index (χ1v) is 6.30. The van der Waals surface area contributed by atoms with Gasteiger partial charge in [0.15, 0.2) is 9.84 Å². The molecule has 0 atom stereocenters. The highest BCUT2D eigenvalue weighted by molar-refractivity contribution is 7.90. The van der Waals surface area contributed by atoms with E-state index in [9.17, 15) is 8.42 Å². The average molecular weight is 238 g/mol. The van der Waals surface area contributed by atoms with Gasteiger partial charge in [0.2, 0.25) is 0 Å². The molecule has 5 nitrogen and oxygen atoms in total. The van der Waals surface area contributed by atoms with Crippen LogP contribution in [0, 0.1) is 6.92 Å². The van der Waals surface area contributed by atoms with Gasteiger partial charge in [-0.05, 0) is 19.1 Å². The summed E-state index contributed by atoms with van der Waals surface area (Å²) >= 11 is 0. The third kappa shape index (κ3) is 2.11. The Hall–Kier alpha value is -1.69. The summed E-state index contributed by atoms with van der Waals surface area (Å²) in [5.74, 6) is -0.188. The van der Waals surface area contributed by atoms with Crippen LogP contribution in [0.1, 0.15) is 11.4 Å². The molecule has 0 aliphatic heterocycles. The number of hydrogen-bond donors (Lipinski definition) is 0. The third-order valence-electron chi connectivity index (χ3n) is 2.18. The van der Waals surface area contributed by atoms with Crippen LogP contribution in [-0.4, -0.2) is 18.7 Å². The molecule has 0 N–H and O–H groups in total. The standard InChI is InChI=1S/C10H10N2O3S/c1-8-10(12-15-11-8)7-16(13,14)9-5-3-2-4-6-9/h2-6H,7H2,1H3. The smallest absolute Gasteiger partial charge is 0.184 e. The molecule has 0 fully saturated rings. The lowest BCUT2D eigenvalue weighted by Gasteiger charge is -2.01. The van der Waals surface area contributed by atoms with Gasteiger partial charge in [-0.1, -0.05) is 28.5 Å². The number of sulfone groups is 1. The van der Waals surface area contributed by atoms with Gasteiger partial charge in [0, 0.05) is 0 Å². The quantitative estimate of drug-likeness (QED) is 0.807. The van der Waals surface area contributed by atoms with Crippen LogP contribution in [0.2, 0.25) is 0 Å². The molecule has 2 aromatic rings. The minimum atomic E-state index is -3.37. The van der Waals surface area contributed by atoms with Gasteiger partial charge in [0.1, 0.15) is 17.1 Å². The van der Waals surface area contributed by atoms with Crippen molar-refractivity contribution in [3.05, 3.63) is 41.7 Å². The van der Waals surface area contributed by atoms with Gasteiger partial charge in [-0.15, -0.1) is 0 Å². The molecule has 16 heavy (non-hydrogen) atoms. The second-order valence-corrected chi connectivity index (χ2v) is 5.36. The molecule has 0 aliphatic rings. The summed E-state index contributed by atoms with van der Waals surface area (Å²) in [4.78, 5) is 0.275. The Morgan fingerprint density at radius 1 is 1.19 bits per heavy atom. The molecule has 0 spiro atoms. The van der Waals surface area contributed by atoms with Crippen LogP contribution < -0.4 is 0 Å². The topological polar surface area (TPSA) is 73.1 Å². The van der Waals surface area contributed by atoms with E-state index in [-0.39, 0.29) is 10.6 Å². The maximum atomic E-state index is 11.9. The molecule has 0 bridgehead atoms. The number of rotatable bonds is 3. The predicted molar refractivity (Wildman–Crippen MR) is 56.4 cm³/mol. The highest BCUT2D eigenvalue weighted by atomic mass is 32.2. The monoisotopic (exact) mass is 238 g/mol. The van der Waals surface area contributed by atoms with Crippen molar-refractivity contribution in [2.24, 2.45) is 0 Å². The van der Waals surface area contributed by atoms with Crippen molar-refractivity contribution in [3.63, 3.8) is 0 Å². The largest absolute Gasteiger partial charge is 0.244 e. The Labute approximate surface area is 93.0 Å². The highest BCUT2D eigenvalue weighted by Crippen LogP contribution is 2.15. The zero-order valence-electron chi connectivity index (χ0n) is 8.62. The number of hydrogen-bond acceptors (Lipinski definition) is 5. The van der Waals surface area contributed by atoms with Gasteiger partial charge in [-0.25, -0.2) is 13.0 Å². The molecule has 0 unspecified atom stereocenters. The summed E-state index contributed by atoms with van der Waals surface area (Å²) < 4.78 is 28.3. The lowest BCUT2D eigenvalue weighted by atomic mass is 10.4. The minimum Gasteiger partial charge on any atom is -0.244 e. The molecule has 1 heterocycles. The number of benzene rings is 1. The Kier molecular flexibility index (Phi) is 2.74. The fourth-order valence-electron chi connectivity index (χ4n) is 1.27. The van der Waals surface area contributed by atoms with Crippen LogP contribution in [-0.2, 0) is 15.6 Å². The molecule has 0 amide bonds. The first-order chi connectivity index (χ1) is 7.59. The Balaban J connectivity index is 2.32. The molecule has 0 aliphatic carbocycles. The molecular weight excluding hydrogens is 228 g/mol. The van der Waals surface area contributed by atoms with E-state index >= 15 is 0 Å². The van der Waals surface area contributed by atoms with Crippen molar-refractivity contribution in [1.82, 2.24) is 10.3 Å². The molecule has 0 radical (unpaired) electrons. The Morgan fingerprint density at radius 2 is 1.88 bits per heavy atom. The molecule has 0 saturated carbocycles. The minimum absolute atomic E-state index is 0.188. The SMILES string of the molecule is Cc1nonc1CS(=O)(=O)c1ccccc1. The van der Waals surface area contributed by atoms with Crippen LogP contribution in [0.4, 0.5) is 0 Å². The van der Waals surface area contributed by atoms with E-state index in [2.05, 4.69) is 14.9 Å². The molecule has 2 rings (SSSR count). The van der Waals surface area contributed by atoms with Crippen molar-refractivity contribution in [2.45, 2.75) is 17.6 Å². The summed E-state index contributed by atoms with van der Waals surface area (Å²) in [5.41, 5.74) is 0.850. The second kappa shape index (κ2) is 4.05. The molecule has 1 aromatic heterocycles. The van der Waals surface area contributed by atoms with Crippen LogP contribution >= 0.6 is 0 Å². The summed E-state index contributed by atoms with van der Waals surface area (Å²) in [5, 5.41) is 7.11. The number of nitrogens with zero attached hydrogens (tertiary/aromatic N) is 2. The van der Waals surface area contributed by atoms with Crippen LogP contribution in [0.5, 0.6) is 0 Å². The summed E-state index contributed by atoms with van der Waals surface area (Å²) in [7, 11) is -3.37. The van der Waals surface area contributed by atoms with Crippen LogP contribution in [0.3, 0.4) is 0 Å². The normalized spacial score (nSPS) is 11.6. The highest BCUT2D eigenvalue weighted by Gasteiger charge is 2.18. The third-order valence-corrected chi connectivity index (χ3v) is 3.82. The van der Waals surface area contributed by atoms with Gasteiger partial charge in [0.25, 0.3) is 0 Å². The van der Waals surface area contributed by atoms with Gasteiger partial charge in [-0.3, -0.25) is 0 Å². The van der Waals surface area contributed by atoms with E-state index in [4.69, 9.17) is 0 Å². The zero-order valence-corrected chi connectivity index (χ0v) is 9.44. The van der Waals surface area contributed by atoms with Crippen LogP contribution in [0.15, 0.2) is 39.9 Å². The van der Waals surface area contributed by atoms with E-state index < -0.39 is 9.84 Å². The van der Waals surface area contributed by atoms with Crippen molar-refractivity contribution < 1.29 is 13.0 Å². The summed E-state index contributed by atoms with van der Waals surface area (Å²) in [6.45, 7) is 1.66. The van der Waals surface area contributed by atoms with Crippen molar-refractivity contribution in [3.8, 4) is 0 Å². The fourth-order valence-corrected chi connectivity index (χ4v) is 2.63. The van der Waals surface area contributed by atoms with E-state index in [0.717, 1.165) is 0 Å². The molecular formula is C10H10N2O3S. The van der Waals surface area contributed by atoms with E-state index in [0.29, 0.717) is 11.4 Å². The van der Waals surface area contributed by atoms with Gasteiger partial charge in [0.05, 0.1) is 4.90 Å². The first-order valence-electron chi connectivity index (χ1n) is 4.65. The van der Waals surface area contributed by atoms with E-state index in [1.807, 2.05) is 0 Å². The van der Waals surface area contributed by atoms with Crippen molar-refractivity contribution in [1.29, 1.82) is 0 Å². The molecule has 1 aromatic carbocycles. The number of aryl methyl sites for hydroxylation is 1. The van der Waals surface area contributed by atoms with Gasteiger partial charge < -0.3 is 0 Å². The average Bonchev–Trinajstić information content (AvgIpc) is 2.65.